The van der Waals surface area contributed by atoms with Crippen LogP contribution in [0.25, 0.3) is 22.0 Å². The van der Waals surface area contributed by atoms with Crippen LogP contribution in [0.2, 0.25) is 5.02 Å². The van der Waals surface area contributed by atoms with Gasteiger partial charge in [-0.2, -0.15) is 4.39 Å². The number of rotatable bonds is 6. The third kappa shape index (κ3) is 4.30. The number of ether oxygens (including phenoxy) is 1. The van der Waals surface area contributed by atoms with Crippen molar-refractivity contribution in [1.82, 2.24) is 15.0 Å². The highest BCUT2D eigenvalue weighted by Gasteiger charge is 2.25. The van der Waals surface area contributed by atoms with E-state index in [1.807, 2.05) is 0 Å². The molecule has 2 aromatic carbocycles. The second-order valence-electron chi connectivity index (χ2n) is 7.31. The Kier molecular flexibility index (Phi) is 6.46. The molecular formula is C23H17ClF3N3O3S. The average molecular weight is 508 g/mol. The number of sulfone groups is 1. The highest BCUT2D eigenvalue weighted by atomic mass is 35.5. The molecule has 2 heterocycles. The zero-order valence-corrected chi connectivity index (χ0v) is 19.5. The minimum atomic E-state index is -4.04. The molecule has 0 aliphatic heterocycles. The Hall–Kier alpha value is -3.24. The standard InChI is InChI=1S/C23H17ClF3N3O3S/c1-3-13-20(26)14(8-12-10-28-23(27)30-21(12)13)15-9-17(25)18(29-22(15)33-2)11-34(31,32)19-7-5-4-6-16(19)24/h4-10H,3,11H2,1-2H3. The molecule has 0 bridgehead atoms. The van der Waals surface area contributed by atoms with Crippen molar-refractivity contribution in [2.75, 3.05) is 7.11 Å². The Morgan fingerprint density at radius 1 is 1.06 bits per heavy atom. The van der Waals surface area contributed by atoms with E-state index in [1.54, 1.807) is 13.0 Å². The molecule has 0 N–H and O–H groups in total. The highest BCUT2D eigenvalue weighted by Crippen LogP contribution is 2.37. The summed E-state index contributed by atoms with van der Waals surface area (Å²) in [7, 11) is -2.79. The summed E-state index contributed by atoms with van der Waals surface area (Å²) in [6, 6.07) is 8.07. The van der Waals surface area contributed by atoms with Gasteiger partial charge in [0.15, 0.2) is 9.84 Å². The van der Waals surface area contributed by atoms with E-state index >= 15 is 8.78 Å². The van der Waals surface area contributed by atoms with E-state index in [0.717, 1.165) is 6.07 Å². The van der Waals surface area contributed by atoms with Crippen LogP contribution in [-0.4, -0.2) is 30.5 Å². The van der Waals surface area contributed by atoms with Gasteiger partial charge in [-0.05, 0) is 30.7 Å². The van der Waals surface area contributed by atoms with Gasteiger partial charge in [-0.25, -0.2) is 32.2 Å². The summed E-state index contributed by atoms with van der Waals surface area (Å²) in [6.45, 7) is 1.67. The summed E-state index contributed by atoms with van der Waals surface area (Å²) >= 11 is 5.99. The third-order valence-electron chi connectivity index (χ3n) is 5.22. The van der Waals surface area contributed by atoms with Gasteiger partial charge in [0.1, 0.15) is 17.4 Å². The highest BCUT2D eigenvalue weighted by molar-refractivity contribution is 7.90. The predicted molar refractivity (Wildman–Crippen MR) is 121 cm³/mol. The fraction of sp³-hybridized carbons (Fsp3) is 0.174. The van der Waals surface area contributed by atoms with Crippen LogP contribution in [0, 0.1) is 17.7 Å². The molecule has 6 nitrogen and oxygen atoms in total. The lowest BCUT2D eigenvalue weighted by Gasteiger charge is -2.15. The van der Waals surface area contributed by atoms with E-state index in [9.17, 15) is 12.8 Å². The third-order valence-corrected chi connectivity index (χ3v) is 7.35. The Morgan fingerprint density at radius 3 is 2.47 bits per heavy atom. The van der Waals surface area contributed by atoms with E-state index in [-0.39, 0.29) is 44.4 Å². The van der Waals surface area contributed by atoms with Crippen molar-refractivity contribution in [3.05, 3.63) is 76.6 Å². The SMILES string of the molecule is CCc1c(F)c(-c2cc(F)c(CS(=O)(=O)c3ccccc3Cl)nc2OC)cc2cnc(F)nc12. The van der Waals surface area contributed by atoms with E-state index in [0.29, 0.717) is 5.39 Å². The smallest absolute Gasteiger partial charge is 0.309 e. The Morgan fingerprint density at radius 2 is 1.79 bits per heavy atom. The van der Waals surface area contributed by atoms with Crippen LogP contribution >= 0.6 is 11.6 Å². The van der Waals surface area contributed by atoms with Crippen LogP contribution in [0.1, 0.15) is 18.2 Å². The summed E-state index contributed by atoms with van der Waals surface area (Å²) < 4.78 is 74.9. The van der Waals surface area contributed by atoms with Gasteiger partial charge in [0.05, 0.1) is 28.2 Å². The van der Waals surface area contributed by atoms with Crippen LogP contribution in [0.3, 0.4) is 0 Å². The van der Waals surface area contributed by atoms with Gasteiger partial charge in [0, 0.05) is 28.3 Å². The minimum Gasteiger partial charge on any atom is -0.481 e. The molecule has 0 unspecified atom stereocenters. The molecule has 34 heavy (non-hydrogen) atoms. The first-order valence-corrected chi connectivity index (χ1v) is 12.0. The lowest BCUT2D eigenvalue weighted by molar-refractivity contribution is 0.395. The van der Waals surface area contributed by atoms with Crippen molar-refractivity contribution in [2.45, 2.75) is 24.0 Å². The first-order chi connectivity index (χ1) is 16.2. The molecule has 0 atom stereocenters. The molecule has 0 saturated carbocycles. The molecule has 0 amide bonds. The molecule has 0 saturated heterocycles. The summed E-state index contributed by atoms with van der Waals surface area (Å²) in [5.41, 5.74) is -0.309. The topological polar surface area (TPSA) is 82.0 Å². The van der Waals surface area contributed by atoms with E-state index < -0.39 is 39.0 Å². The number of hydrogen-bond donors (Lipinski definition) is 0. The predicted octanol–water partition coefficient (Wildman–Crippen LogP) is 5.31. The maximum atomic E-state index is 15.4. The van der Waals surface area contributed by atoms with Gasteiger partial charge in [0.2, 0.25) is 5.88 Å². The van der Waals surface area contributed by atoms with E-state index in [4.69, 9.17) is 16.3 Å². The van der Waals surface area contributed by atoms with Gasteiger partial charge in [-0.15, -0.1) is 0 Å². The maximum absolute atomic E-state index is 15.4. The molecule has 0 aliphatic carbocycles. The van der Waals surface area contributed by atoms with Gasteiger partial charge in [-0.1, -0.05) is 30.7 Å². The summed E-state index contributed by atoms with van der Waals surface area (Å²) in [5, 5.41) is 0.331. The first kappa shape index (κ1) is 23.9. The van der Waals surface area contributed by atoms with Gasteiger partial charge >= 0.3 is 6.08 Å². The lowest BCUT2D eigenvalue weighted by Crippen LogP contribution is -2.10. The van der Waals surface area contributed by atoms with Crippen LogP contribution in [-0.2, 0) is 22.0 Å². The molecule has 4 aromatic rings. The quantitative estimate of drug-likeness (QED) is 0.329. The van der Waals surface area contributed by atoms with Crippen molar-refractivity contribution in [3.63, 3.8) is 0 Å². The Balaban J connectivity index is 1.85. The first-order valence-electron chi connectivity index (χ1n) is 10.0. The largest absolute Gasteiger partial charge is 0.481 e. The second kappa shape index (κ2) is 9.19. The fourth-order valence-electron chi connectivity index (χ4n) is 3.63. The second-order valence-corrected chi connectivity index (χ2v) is 9.68. The molecule has 0 aliphatic rings. The fourth-order valence-corrected chi connectivity index (χ4v) is 5.49. The van der Waals surface area contributed by atoms with E-state index in [2.05, 4.69) is 15.0 Å². The molecule has 0 spiro atoms. The molecule has 0 radical (unpaired) electrons. The zero-order valence-electron chi connectivity index (χ0n) is 17.9. The Bertz CT molecular complexity index is 1530. The minimum absolute atomic E-state index is 0.00419. The number of pyridine rings is 1. The number of methoxy groups -OCH3 is 1. The zero-order chi connectivity index (χ0) is 24.6. The van der Waals surface area contributed by atoms with Crippen LogP contribution in [0.4, 0.5) is 13.2 Å². The number of benzene rings is 2. The molecule has 11 heteroatoms. The number of nitrogens with zero attached hydrogens (tertiary/aromatic N) is 3. The van der Waals surface area contributed by atoms with Crippen molar-refractivity contribution in [3.8, 4) is 17.0 Å². The van der Waals surface area contributed by atoms with Crippen LogP contribution in [0.15, 0.2) is 47.5 Å². The van der Waals surface area contributed by atoms with Crippen molar-refractivity contribution < 1.29 is 26.3 Å². The molecular weight excluding hydrogens is 491 g/mol. The molecule has 2 aromatic heterocycles. The monoisotopic (exact) mass is 507 g/mol. The molecule has 4 rings (SSSR count). The summed E-state index contributed by atoms with van der Waals surface area (Å²) in [4.78, 5) is 11.0. The number of fused-ring (bicyclic) bond motifs is 1. The van der Waals surface area contributed by atoms with Gasteiger partial charge < -0.3 is 4.74 Å². The van der Waals surface area contributed by atoms with Crippen LogP contribution in [0.5, 0.6) is 5.88 Å². The Labute approximate surface area is 198 Å². The number of aromatic nitrogens is 3. The van der Waals surface area contributed by atoms with Crippen LogP contribution < -0.4 is 4.74 Å². The van der Waals surface area contributed by atoms with Gasteiger partial charge in [0.25, 0.3) is 0 Å². The van der Waals surface area contributed by atoms with Gasteiger partial charge in [-0.3, -0.25) is 0 Å². The normalized spacial score (nSPS) is 11.7. The number of aryl methyl sites for hydroxylation is 1. The number of halogens is 4. The van der Waals surface area contributed by atoms with Crippen molar-refractivity contribution >= 4 is 32.3 Å². The molecule has 176 valence electrons. The summed E-state index contributed by atoms with van der Waals surface area (Å²) in [5.74, 6) is -2.69. The van der Waals surface area contributed by atoms with Crippen molar-refractivity contribution in [1.29, 1.82) is 0 Å². The van der Waals surface area contributed by atoms with E-state index in [1.165, 1.54) is 37.6 Å². The maximum Gasteiger partial charge on any atom is 0.309 e. The summed E-state index contributed by atoms with van der Waals surface area (Å²) in [6.07, 6.45) is 0.378. The lowest BCUT2D eigenvalue weighted by atomic mass is 9.98. The number of hydrogen-bond acceptors (Lipinski definition) is 6. The molecule has 0 fully saturated rings. The van der Waals surface area contributed by atoms with Crippen molar-refractivity contribution in [2.24, 2.45) is 0 Å². The average Bonchev–Trinajstić information content (AvgIpc) is 2.80.